The first kappa shape index (κ1) is 22.6. The van der Waals surface area contributed by atoms with Gasteiger partial charge in [-0.1, -0.05) is 54.6 Å². The van der Waals surface area contributed by atoms with Crippen molar-refractivity contribution in [2.24, 2.45) is 0 Å². The minimum absolute atomic E-state index is 0.816. The molecule has 4 heterocycles. The zero-order valence-electron chi connectivity index (χ0n) is 21.7. The molecular formula is C36H25N3O. The lowest BCUT2D eigenvalue weighted by atomic mass is 9.97. The molecule has 0 radical (unpaired) electrons. The number of hydrogen-bond acceptors (Lipinski definition) is 3. The fraction of sp³-hybridized carbons (Fsp3) is 0.0278. The maximum atomic E-state index is 6.59. The molecule has 1 aliphatic rings. The molecule has 0 spiro atoms. The van der Waals surface area contributed by atoms with Crippen molar-refractivity contribution in [3.05, 3.63) is 139 Å². The van der Waals surface area contributed by atoms with Crippen molar-refractivity contribution in [1.29, 1.82) is 0 Å². The lowest BCUT2D eigenvalue weighted by Gasteiger charge is -2.15. The van der Waals surface area contributed by atoms with Crippen LogP contribution in [-0.2, 0) is 0 Å². The quantitative estimate of drug-likeness (QED) is 0.255. The number of furan rings is 1. The molecule has 0 atom stereocenters. The van der Waals surface area contributed by atoms with E-state index in [-0.39, 0.29) is 0 Å². The zero-order valence-corrected chi connectivity index (χ0v) is 21.7. The summed E-state index contributed by atoms with van der Waals surface area (Å²) >= 11 is 0. The predicted octanol–water partition coefficient (Wildman–Crippen LogP) is 8.76. The highest BCUT2D eigenvalue weighted by Crippen LogP contribution is 2.40. The Hall–Kier alpha value is -5.35. The van der Waals surface area contributed by atoms with Crippen molar-refractivity contribution in [1.82, 2.24) is 14.9 Å². The second kappa shape index (κ2) is 9.14. The minimum Gasteiger partial charge on any atom is -0.455 e. The molecule has 1 aliphatic heterocycles. The Labute approximate surface area is 231 Å². The van der Waals surface area contributed by atoms with Crippen LogP contribution >= 0.6 is 0 Å². The van der Waals surface area contributed by atoms with Crippen molar-refractivity contribution in [3.63, 3.8) is 0 Å². The lowest BCUT2D eigenvalue weighted by molar-refractivity contribution is 0.635. The van der Waals surface area contributed by atoms with Gasteiger partial charge in [-0.2, -0.15) is 0 Å². The van der Waals surface area contributed by atoms with E-state index >= 15 is 0 Å². The number of para-hydroxylation sites is 1. The largest absolute Gasteiger partial charge is 0.455 e. The smallest absolute Gasteiger partial charge is 0.144 e. The second-order valence-electron chi connectivity index (χ2n) is 10.1. The normalized spacial score (nSPS) is 13.2. The number of nitrogens with one attached hydrogen (secondary N) is 1. The highest BCUT2D eigenvalue weighted by atomic mass is 16.3. The molecule has 4 aromatic carbocycles. The van der Waals surface area contributed by atoms with E-state index in [1.807, 2.05) is 36.8 Å². The van der Waals surface area contributed by atoms with E-state index in [9.17, 15) is 0 Å². The van der Waals surface area contributed by atoms with Gasteiger partial charge in [0.15, 0.2) is 0 Å². The Morgan fingerprint density at radius 2 is 1.52 bits per heavy atom. The summed E-state index contributed by atoms with van der Waals surface area (Å²) in [6, 6.07) is 36.4. The molecule has 8 rings (SSSR count). The van der Waals surface area contributed by atoms with Crippen LogP contribution in [0.4, 0.5) is 0 Å². The molecule has 3 aromatic heterocycles. The average molecular weight is 516 g/mol. The first-order valence-electron chi connectivity index (χ1n) is 13.5. The number of benzene rings is 4. The summed E-state index contributed by atoms with van der Waals surface area (Å²) in [5, 5.41) is 6.68. The van der Waals surface area contributed by atoms with Gasteiger partial charge in [-0.25, -0.2) is 0 Å². The van der Waals surface area contributed by atoms with Gasteiger partial charge in [0.1, 0.15) is 11.3 Å². The van der Waals surface area contributed by atoms with Crippen LogP contribution in [0.2, 0.25) is 0 Å². The van der Waals surface area contributed by atoms with Gasteiger partial charge in [0.2, 0.25) is 0 Å². The van der Waals surface area contributed by atoms with Crippen LogP contribution in [0, 0.1) is 0 Å². The standard InChI is InChI=1S/C36H25N3O/c1-2-6-26(7-3-1)34-23-27-10-11-33-35(36(27)40-34)31-8-4-5-9-32(31)39(33)30-21-28(24-12-16-37-17-13-24)20-29(22-30)25-14-18-38-19-15-25/h1-18,20-23,38H,19H2. The van der Waals surface area contributed by atoms with Gasteiger partial charge >= 0.3 is 0 Å². The first-order valence-corrected chi connectivity index (χ1v) is 13.5. The summed E-state index contributed by atoms with van der Waals surface area (Å²) in [6.07, 6.45) is 10.1. The van der Waals surface area contributed by atoms with Gasteiger partial charge in [0.25, 0.3) is 0 Å². The van der Waals surface area contributed by atoms with Crippen LogP contribution in [0.1, 0.15) is 5.56 Å². The van der Waals surface area contributed by atoms with Gasteiger partial charge in [0, 0.05) is 41.0 Å². The van der Waals surface area contributed by atoms with Crippen molar-refractivity contribution in [3.8, 4) is 28.1 Å². The van der Waals surface area contributed by atoms with Crippen LogP contribution in [0.5, 0.6) is 0 Å². The average Bonchev–Trinajstić information content (AvgIpc) is 3.62. The highest BCUT2D eigenvalue weighted by molar-refractivity contribution is 6.20. The lowest BCUT2D eigenvalue weighted by Crippen LogP contribution is -2.08. The molecule has 1 N–H and O–H groups in total. The highest BCUT2D eigenvalue weighted by Gasteiger charge is 2.19. The van der Waals surface area contributed by atoms with Crippen molar-refractivity contribution >= 4 is 38.3 Å². The van der Waals surface area contributed by atoms with Crippen LogP contribution in [0.15, 0.2) is 138 Å². The second-order valence-corrected chi connectivity index (χ2v) is 10.1. The molecule has 4 nitrogen and oxygen atoms in total. The molecule has 0 unspecified atom stereocenters. The monoisotopic (exact) mass is 515 g/mol. The Morgan fingerprint density at radius 1 is 0.700 bits per heavy atom. The Balaban J connectivity index is 1.42. The van der Waals surface area contributed by atoms with Gasteiger partial charge in [0.05, 0.1) is 16.4 Å². The SMILES string of the molecule is C1=CC(c2cc(-c3ccncc3)cc(-n3c4ccccc4c4c5oc(-c6ccccc6)cc5ccc43)c2)=CCN1. The third-order valence-electron chi connectivity index (χ3n) is 7.72. The van der Waals surface area contributed by atoms with Crippen LogP contribution in [-0.4, -0.2) is 16.1 Å². The summed E-state index contributed by atoms with van der Waals surface area (Å²) in [5.41, 5.74) is 10.0. The molecule has 190 valence electrons. The fourth-order valence-corrected chi connectivity index (χ4v) is 5.86. The van der Waals surface area contributed by atoms with Crippen LogP contribution in [0.3, 0.4) is 0 Å². The molecule has 0 saturated carbocycles. The third-order valence-corrected chi connectivity index (χ3v) is 7.72. The number of allylic oxidation sites excluding steroid dienone is 2. The molecule has 4 heteroatoms. The number of nitrogens with zero attached hydrogens (tertiary/aromatic N) is 2. The van der Waals surface area contributed by atoms with E-state index in [0.717, 1.165) is 62.1 Å². The predicted molar refractivity (Wildman–Crippen MR) is 164 cm³/mol. The number of pyridine rings is 1. The van der Waals surface area contributed by atoms with Gasteiger partial charge in [-0.15, -0.1) is 0 Å². The topological polar surface area (TPSA) is 43.0 Å². The molecule has 0 saturated heterocycles. The first-order chi connectivity index (χ1) is 19.8. The summed E-state index contributed by atoms with van der Waals surface area (Å²) in [5.74, 6) is 0.881. The van der Waals surface area contributed by atoms with E-state index < -0.39 is 0 Å². The molecule has 0 fully saturated rings. The number of fused-ring (bicyclic) bond motifs is 5. The number of aromatic nitrogens is 2. The van der Waals surface area contributed by atoms with E-state index in [2.05, 4.69) is 112 Å². The van der Waals surface area contributed by atoms with Crippen LogP contribution < -0.4 is 5.32 Å². The number of dihydropyridines is 1. The minimum atomic E-state index is 0.816. The molecule has 0 bridgehead atoms. The molecule has 40 heavy (non-hydrogen) atoms. The molecular weight excluding hydrogens is 490 g/mol. The fourth-order valence-electron chi connectivity index (χ4n) is 5.86. The van der Waals surface area contributed by atoms with E-state index in [1.54, 1.807) is 0 Å². The molecule has 7 aromatic rings. The molecule has 0 aliphatic carbocycles. The summed E-state index contributed by atoms with van der Waals surface area (Å²) in [4.78, 5) is 4.24. The zero-order chi connectivity index (χ0) is 26.5. The van der Waals surface area contributed by atoms with E-state index in [1.165, 1.54) is 16.5 Å². The Bertz CT molecular complexity index is 2100. The summed E-state index contributed by atoms with van der Waals surface area (Å²) in [7, 11) is 0. The van der Waals surface area contributed by atoms with Crippen molar-refractivity contribution < 1.29 is 4.42 Å². The number of hydrogen-bond donors (Lipinski definition) is 1. The van der Waals surface area contributed by atoms with Gasteiger partial charge < -0.3 is 14.3 Å². The third kappa shape index (κ3) is 3.65. The van der Waals surface area contributed by atoms with E-state index in [4.69, 9.17) is 4.42 Å². The number of rotatable bonds is 4. The maximum Gasteiger partial charge on any atom is 0.144 e. The van der Waals surface area contributed by atoms with Crippen molar-refractivity contribution in [2.45, 2.75) is 0 Å². The van der Waals surface area contributed by atoms with Gasteiger partial charge in [-0.05, 0) is 89.1 Å². The Kier molecular flexibility index (Phi) is 5.17. The summed E-state index contributed by atoms with van der Waals surface area (Å²) < 4.78 is 8.96. The van der Waals surface area contributed by atoms with Crippen molar-refractivity contribution in [2.75, 3.05) is 6.54 Å². The summed E-state index contributed by atoms with van der Waals surface area (Å²) in [6.45, 7) is 0.816. The molecule has 0 amide bonds. The van der Waals surface area contributed by atoms with E-state index in [0.29, 0.717) is 0 Å². The maximum absolute atomic E-state index is 6.59. The Morgan fingerprint density at radius 3 is 2.38 bits per heavy atom. The van der Waals surface area contributed by atoms with Crippen LogP contribution in [0.25, 0.3) is 66.5 Å². The van der Waals surface area contributed by atoms with Gasteiger partial charge in [-0.3, -0.25) is 4.98 Å².